The molecule has 0 bridgehead atoms. The summed E-state index contributed by atoms with van der Waals surface area (Å²) in [7, 11) is 3.12. The molecule has 0 fully saturated rings. The lowest BCUT2D eigenvalue weighted by Crippen LogP contribution is -2.13. The Hall–Kier alpha value is -3.55. The van der Waals surface area contributed by atoms with Gasteiger partial charge in [0.05, 0.1) is 31.7 Å². The number of carbonyl (C=O) groups excluding carboxylic acids is 1. The molecule has 140 valence electrons. The first-order chi connectivity index (χ1) is 13.1. The zero-order valence-electron chi connectivity index (χ0n) is 15.2. The van der Waals surface area contributed by atoms with Gasteiger partial charge >= 0.3 is 6.09 Å². The number of anilines is 1. The number of carbonyl (C=O) groups is 1. The molecule has 3 rings (SSSR count). The van der Waals surface area contributed by atoms with Crippen LogP contribution in [-0.4, -0.2) is 36.9 Å². The molecule has 0 atom stereocenters. The highest BCUT2D eigenvalue weighted by Gasteiger charge is 2.12. The molecule has 27 heavy (non-hydrogen) atoms. The van der Waals surface area contributed by atoms with Gasteiger partial charge in [-0.3, -0.25) is 5.32 Å². The Balaban J connectivity index is 1.85. The van der Waals surface area contributed by atoms with Crippen molar-refractivity contribution in [2.45, 2.75) is 6.92 Å². The smallest absolute Gasteiger partial charge is 0.411 e. The quantitative estimate of drug-likeness (QED) is 0.702. The second-order valence-corrected chi connectivity index (χ2v) is 5.38. The highest BCUT2D eigenvalue weighted by molar-refractivity contribution is 5.87. The van der Waals surface area contributed by atoms with Gasteiger partial charge < -0.3 is 18.9 Å². The van der Waals surface area contributed by atoms with Crippen molar-refractivity contribution in [1.82, 2.24) is 9.97 Å². The van der Waals surface area contributed by atoms with Crippen LogP contribution in [0.1, 0.15) is 6.92 Å². The Morgan fingerprint density at radius 2 is 1.74 bits per heavy atom. The molecule has 1 N–H and O–H groups in total. The number of ether oxygens (including phenoxy) is 4. The Kier molecular flexibility index (Phi) is 5.55. The van der Waals surface area contributed by atoms with Gasteiger partial charge in [0.1, 0.15) is 12.1 Å². The minimum absolute atomic E-state index is 0.308. The number of nitrogens with zero attached hydrogens (tertiary/aromatic N) is 2. The lowest BCUT2D eigenvalue weighted by molar-refractivity contribution is 0.168. The van der Waals surface area contributed by atoms with Gasteiger partial charge in [0.25, 0.3) is 0 Å². The monoisotopic (exact) mass is 369 g/mol. The molecule has 0 saturated heterocycles. The normalized spacial score (nSPS) is 10.3. The second kappa shape index (κ2) is 8.22. The predicted octanol–water partition coefficient (Wildman–Crippen LogP) is 4.01. The van der Waals surface area contributed by atoms with Crippen LogP contribution in [0.5, 0.6) is 23.1 Å². The number of aromatic nitrogens is 2. The molecular weight excluding hydrogens is 350 g/mol. The summed E-state index contributed by atoms with van der Waals surface area (Å²) < 4.78 is 21.3. The van der Waals surface area contributed by atoms with E-state index in [4.69, 9.17) is 18.9 Å². The first kappa shape index (κ1) is 18.2. The van der Waals surface area contributed by atoms with Crippen molar-refractivity contribution in [3.63, 3.8) is 0 Å². The van der Waals surface area contributed by atoms with Crippen LogP contribution in [-0.2, 0) is 4.74 Å². The minimum Gasteiger partial charge on any atom is -0.493 e. The van der Waals surface area contributed by atoms with E-state index in [1.165, 1.54) is 6.33 Å². The molecule has 0 aliphatic carbocycles. The van der Waals surface area contributed by atoms with E-state index in [1.807, 2.05) is 0 Å². The summed E-state index contributed by atoms with van der Waals surface area (Å²) in [6, 6.07) is 10.4. The maximum atomic E-state index is 11.4. The molecule has 0 saturated carbocycles. The molecule has 0 aliphatic rings. The third kappa shape index (κ3) is 4.17. The Morgan fingerprint density at radius 3 is 2.41 bits per heavy atom. The molecular formula is C19H19N3O5. The largest absolute Gasteiger partial charge is 0.493 e. The van der Waals surface area contributed by atoms with Gasteiger partial charge in [-0.25, -0.2) is 14.8 Å². The Bertz CT molecular complexity index is 944. The molecule has 8 nitrogen and oxygen atoms in total. The summed E-state index contributed by atoms with van der Waals surface area (Å²) in [4.78, 5) is 19.9. The lowest BCUT2D eigenvalue weighted by Gasteiger charge is -2.11. The van der Waals surface area contributed by atoms with Crippen LogP contribution in [0.3, 0.4) is 0 Å². The van der Waals surface area contributed by atoms with E-state index in [2.05, 4.69) is 15.3 Å². The SMILES string of the molecule is CCOC(=O)Nc1ccc(Oc2ncnc3cc(OC)c(OC)cc23)cc1. The number of amides is 1. The minimum atomic E-state index is -0.506. The zero-order chi connectivity index (χ0) is 19.2. The highest BCUT2D eigenvalue weighted by Crippen LogP contribution is 2.35. The van der Waals surface area contributed by atoms with Crippen LogP contribution in [0.25, 0.3) is 10.9 Å². The van der Waals surface area contributed by atoms with E-state index in [9.17, 15) is 4.79 Å². The summed E-state index contributed by atoms with van der Waals surface area (Å²) in [5, 5.41) is 3.30. The van der Waals surface area contributed by atoms with Crippen molar-refractivity contribution in [1.29, 1.82) is 0 Å². The van der Waals surface area contributed by atoms with Crippen molar-refractivity contribution in [3.05, 3.63) is 42.7 Å². The van der Waals surface area contributed by atoms with E-state index in [0.717, 1.165) is 0 Å². The maximum absolute atomic E-state index is 11.4. The number of rotatable bonds is 6. The molecule has 0 unspecified atom stereocenters. The van der Waals surface area contributed by atoms with Gasteiger partial charge in [-0.1, -0.05) is 0 Å². The molecule has 1 aromatic heterocycles. The van der Waals surface area contributed by atoms with Gasteiger partial charge in [-0.15, -0.1) is 0 Å². The summed E-state index contributed by atoms with van der Waals surface area (Å²) in [6.07, 6.45) is 0.911. The number of nitrogens with one attached hydrogen (secondary N) is 1. The number of benzene rings is 2. The molecule has 2 aromatic carbocycles. The third-order valence-corrected chi connectivity index (χ3v) is 3.69. The van der Waals surface area contributed by atoms with Crippen molar-refractivity contribution >= 4 is 22.7 Å². The van der Waals surface area contributed by atoms with Crippen molar-refractivity contribution in [2.24, 2.45) is 0 Å². The third-order valence-electron chi connectivity index (χ3n) is 3.69. The van der Waals surface area contributed by atoms with Crippen LogP contribution in [0.15, 0.2) is 42.7 Å². The van der Waals surface area contributed by atoms with Gasteiger partial charge in [-0.05, 0) is 37.3 Å². The van der Waals surface area contributed by atoms with Crippen molar-refractivity contribution in [3.8, 4) is 23.1 Å². The van der Waals surface area contributed by atoms with Gasteiger partial charge in [0.2, 0.25) is 5.88 Å². The first-order valence-electron chi connectivity index (χ1n) is 8.23. The van der Waals surface area contributed by atoms with Crippen molar-refractivity contribution in [2.75, 3.05) is 26.1 Å². The summed E-state index contributed by atoms with van der Waals surface area (Å²) in [6.45, 7) is 2.05. The van der Waals surface area contributed by atoms with Crippen LogP contribution in [0.4, 0.5) is 10.5 Å². The molecule has 0 spiro atoms. The Labute approximate surface area is 156 Å². The highest BCUT2D eigenvalue weighted by atomic mass is 16.5. The average Bonchev–Trinajstić information content (AvgIpc) is 2.68. The number of hydrogen-bond donors (Lipinski definition) is 1. The number of methoxy groups -OCH3 is 2. The second-order valence-electron chi connectivity index (χ2n) is 5.38. The number of fused-ring (bicyclic) bond motifs is 1. The fourth-order valence-corrected chi connectivity index (χ4v) is 2.44. The van der Waals surface area contributed by atoms with Gasteiger partial charge in [-0.2, -0.15) is 0 Å². The molecule has 0 radical (unpaired) electrons. The maximum Gasteiger partial charge on any atom is 0.411 e. The van der Waals surface area contributed by atoms with Crippen LogP contribution in [0, 0.1) is 0 Å². The van der Waals surface area contributed by atoms with E-state index >= 15 is 0 Å². The van der Waals surface area contributed by atoms with Crippen molar-refractivity contribution < 1.29 is 23.7 Å². The summed E-state index contributed by atoms with van der Waals surface area (Å²) in [5.41, 5.74) is 1.26. The van der Waals surface area contributed by atoms with E-state index in [-0.39, 0.29) is 0 Å². The van der Waals surface area contributed by atoms with Crippen LogP contribution in [0.2, 0.25) is 0 Å². The topological polar surface area (TPSA) is 91.8 Å². The number of hydrogen-bond acceptors (Lipinski definition) is 7. The molecule has 1 heterocycles. The van der Waals surface area contributed by atoms with E-state index in [0.29, 0.717) is 46.3 Å². The standard InChI is InChI=1S/C19H19N3O5/c1-4-26-19(23)22-12-5-7-13(8-6-12)27-18-14-9-16(24-2)17(25-3)10-15(14)20-11-21-18/h5-11H,4H2,1-3H3,(H,22,23). The Morgan fingerprint density at radius 1 is 1.04 bits per heavy atom. The summed E-state index contributed by atoms with van der Waals surface area (Å²) >= 11 is 0. The van der Waals surface area contributed by atoms with Gasteiger partial charge in [0, 0.05) is 11.8 Å². The van der Waals surface area contributed by atoms with Crippen LogP contribution < -0.4 is 19.5 Å². The lowest BCUT2D eigenvalue weighted by atomic mass is 10.2. The molecule has 0 aliphatic heterocycles. The van der Waals surface area contributed by atoms with Crippen LogP contribution >= 0.6 is 0 Å². The van der Waals surface area contributed by atoms with E-state index < -0.39 is 6.09 Å². The fourth-order valence-electron chi connectivity index (χ4n) is 2.44. The van der Waals surface area contributed by atoms with E-state index in [1.54, 1.807) is 57.5 Å². The zero-order valence-corrected chi connectivity index (χ0v) is 15.2. The molecule has 1 amide bonds. The predicted molar refractivity (Wildman–Crippen MR) is 99.8 cm³/mol. The van der Waals surface area contributed by atoms with Gasteiger partial charge in [0.15, 0.2) is 11.5 Å². The average molecular weight is 369 g/mol. The summed E-state index contributed by atoms with van der Waals surface area (Å²) in [5.74, 6) is 2.06. The molecule has 8 heteroatoms. The molecule has 3 aromatic rings. The first-order valence-corrected chi connectivity index (χ1v) is 8.23. The fraction of sp³-hybridized carbons (Fsp3) is 0.211.